The average Bonchev–Trinajstić information content (AvgIpc) is 2.99. The molecule has 0 unspecified atom stereocenters. The Morgan fingerprint density at radius 3 is 2.48 bits per heavy atom. The third-order valence-electron chi connectivity index (χ3n) is 4.77. The highest BCUT2D eigenvalue weighted by Crippen LogP contribution is 2.36. The van der Waals surface area contributed by atoms with Crippen molar-refractivity contribution in [2.24, 2.45) is 4.99 Å². The van der Waals surface area contributed by atoms with Crippen LogP contribution in [0.1, 0.15) is 18.1 Å². The molecule has 4 nitrogen and oxygen atoms in total. The Hall–Kier alpha value is -3.05. The first-order valence-electron chi connectivity index (χ1n) is 9.54. The molecule has 3 aromatic carbocycles. The number of fused-ring (bicyclic) bond motifs is 1. The van der Waals surface area contributed by atoms with Crippen LogP contribution in [0.5, 0.6) is 5.75 Å². The number of ether oxygens (including phenoxy) is 1. The van der Waals surface area contributed by atoms with E-state index in [-0.39, 0.29) is 5.91 Å². The Balaban J connectivity index is 1.71. The summed E-state index contributed by atoms with van der Waals surface area (Å²) in [6.45, 7) is 4.63. The van der Waals surface area contributed by atoms with Gasteiger partial charge in [-0.05, 0) is 60.8 Å². The van der Waals surface area contributed by atoms with E-state index >= 15 is 0 Å². The van der Waals surface area contributed by atoms with Gasteiger partial charge in [0.25, 0.3) is 5.91 Å². The molecule has 0 aliphatic carbocycles. The Morgan fingerprint density at radius 1 is 1.03 bits per heavy atom. The molecule has 0 atom stereocenters. The van der Waals surface area contributed by atoms with Crippen LogP contribution in [-0.2, 0) is 4.79 Å². The van der Waals surface area contributed by atoms with E-state index < -0.39 is 0 Å². The number of hydrogen-bond acceptors (Lipinski definition) is 4. The second kappa shape index (κ2) is 8.13. The Labute approximate surface area is 174 Å². The Bertz CT molecular complexity index is 1130. The monoisotopic (exact) mass is 402 g/mol. The second-order valence-corrected chi connectivity index (χ2v) is 7.85. The van der Waals surface area contributed by atoms with Crippen LogP contribution in [0.15, 0.2) is 70.6 Å². The Morgan fingerprint density at radius 2 is 1.76 bits per heavy atom. The molecular formula is C24H22N2O2S. The van der Waals surface area contributed by atoms with Gasteiger partial charge in [-0.25, -0.2) is 4.99 Å². The molecule has 1 amide bonds. The number of carbonyl (C=O) groups excluding carboxylic acids is 1. The van der Waals surface area contributed by atoms with Gasteiger partial charge in [0, 0.05) is 12.4 Å². The fraction of sp³-hybridized carbons (Fsp3) is 0.167. The van der Waals surface area contributed by atoms with E-state index in [1.807, 2.05) is 74.5 Å². The zero-order valence-corrected chi connectivity index (χ0v) is 17.5. The summed E-state index contributed by atoms with van der Waals surface area (Å²) in [6.07, 6.45) is 1.94. The average molecular weight is 403 g/mol. The fourth-order valence-corrected chi connectivity index (χ4v) is 4.20. The van der Waals surface area contributed by atoms with Gasteiger partial charge in [0.15, 0.2) is 5.17 Å². The van der Waals surface area contributed by atoms with E-state index in [0.29, 0.717) is 16.7 Å². The normalized spacial score (nSPS) is 16.9. The standard InChI is InChI=1S/C24H22N2O2S/c1-4-28-21-14-11-17(19-7-5-6-8-20(19)21)15-22-23(27)26(3)24(29-22)25-18-12-9-16(2)10-13-18/h5-15H,4H2,1-3H3/b22-15+,25-24?. The third kappa shape index (κ3) is 3.91. The van der Waals surface area contributed by atoms with Gasteiger partial charge in [0.05, 0.1) is 17.2 Å². The number of aliphatic imine (C=N–C) groups is 1. The molecule has 0 spiro atoms. The number of amidine groups is 1. The summed E-state index contributed by atoms with van der Waals surface area (Å²) in [5.74, 6) is 0.813. The lowest BCUT2D eigenvalue weighted by Crippen LogP contribution is -2.23. The smallest absolute Gasteiger partial charge is 0.266 e. The third-order valence-corrected chi connectivity index (χ3v) is 5.83. The summed E-state index contributed by atoms with van der Waals surface area (Å²) in [5.41, 5.74) is 3.01. The zero-order chi connectivity index (χ0) is 20.4. The lowest BCUT2D eigenvalue weighted by Gasteiger charge is -2.10. The van der Waals surface area contributed by atoms with Crippen LogP contribution in [0.4, 0.5) is 5.69 Å². The van der Waals surface area contributed by atoms with Crippen molar-refractivity contribution < 1.29 is 9.53 Å². The summed E-state index contributed by atoms with van der Waals surface area (Å²) in [5, 5.41) is 2.78. The van der Waals surface area contributed by atoms with Crippen molar-refractivity contribution in [3.05, 3.63) is 76.7 Å². The van der Waals surface area contributed by atoms with Crippen molar-refractivity contribution in [2.75, 3.05) is 13.7 Å². The molecule has 1 aliphatic heterocycles. The molecule has 0 saturated carbocycles. The van der Waals surface area contributed by atoms with E-state index in [9.17, 15) is 4.79 Å². The quantitative estimate of drug-likeness (QED) is 0.520. The predicted molar refractivity (Wildman–Crippen MR) is 122 cm³/mol. The van der Waals surface area contributed by atoms with Crippen LogP contribution in [0.25, 0.3) is 16.8 Å². The SMILES string of the molecule is CCOc1ccc(/C=C2/SC(=Nc3ccc(C)cc3)N(C)C2=O)c2ccccc12. The first-order chi connectivity index (χ1) is 14.1. The van der Waals surface area contributed by atoms with Crippen molar-refractivity contribution >= 4 is 45.4 Å². The first-order valence-corrected chi connectivity index (χ1v) is 10.4. The van der Waals surface area contributed by atoms with Gasteiger partial charge in [-0.3, -0.25) is 9.69 Å². The topological polar surface area (TPSA) is 41.9 Å². The molecule has 3 aromatic rings. The minimum absolute atomic E-state index is 0.0428. The summed E-state index contributed by atoms with van der Waals surface area (Å²) in [4.78, 5) is 19.7. The predicted octanol–water partition coefficient (Wildman–Crippen LogP) is 5.78. The number of amides is 1. The van der Waals surface area contributed by atoms with Crippen LogP contribution in [-0.4, -0.2) is 29.6 Å². The molecule has 1 saturated heterocycles. The van der Waals surface area contributed by atoms with Crippen LogP contribution in [0, 0.1) is 6.92 Å². The largest absolute Gasteiger partial charge is 0.493 e. The van der Waals surface area contributed by atoms with E-state index in [2.05, 4.69) is 11.1 Å². The van der Waals surface area contributed by atoms with Crippen molar-refractivity contribution in [1.82, 2.24) is 4.90 Å². The van der Waals surface area contributed by atoms with Gasteiger partial charge < -0.3 is 4.74 Å². The molecule has 146 valence electrons. The number of nitrogens with zero attached hydrogens (tertiary/aromatic N) is 2. The molecule has 4 rings (SSSR count). The molecule has 0 N–H and O–H groups in total. The molecule has 1 fully saturated rings. The lowest BCUT2D eigenvalue weighted by molar-refractivity contribution is -0.121. The number of likely N-dealkylation sites (N-methyl/N-ethyl adjacent to an activating group) is 1. The van der Waals surface area contributed by atoms with Crippen LogP contribution in [0.2, 0.25) is 0 Å². The number of rotatable bonds is 4. The summed E-state index contributed by atoms with van der Waals surface area (Å²) in [7, 11) is 1.76. The number of thioether (sulfide) groups is 1. The van der Waals surface area contributed by atoms with Crippen molar-refractivity contribution in [3.8, 4) is 5.75 Å². The fourth-order valence-electron chi connectivity index (χ4n) is 3.22. The highest BCUT2D eigenvalue weighted by atomic mass is 32.2. The molecule has 1 aliphatic rings. The molecule has 5 heteroatoms. The lowest BCUT2D eigenvalue weighted by atomic mass is 10.0. The number of benzene rings is 3. The van der Waals surface area contributed by atoms with E-state index in [0.717, 1.165) is 27.8 Å². The maximum Gasteiger partial charge on any atom is 0.266 e. The molecule has 0 bridgehead atoms. The summed E-state index contributed by atoms with van der Waals surface area (Å²) >= 11 is 1.40. The molecule has 1 heterocycles. The van der Waals surface area contributed by atoms with Gasteiger partial charge in [-0.1, -0.05) is 48.0 Å². The molecule has 0 aromatic heterocycles. The van der Waals surface area contributed by atoms with E-state index in [1.54, 1.807) is 11.9 Å². The number of hydrogen-bond donors (Lipinski definition) is 0. The van der Waals surface area contributed by atoms with Gasteiger partial charge >= 0.3 is 0 Å². The number of carbonyl (C=O) groups is 1. The number of aryl methyl sites for hydroxylation is 1. The maximum atomic E-state index is 12.8. The van der Waals surface area contributed by atoms with Gasteiger partial charge in [-0.15, -0.1) is 0 Å². The van der Waals surface area contributed by atoms with E-state index in [4.69, 9.17) is 4.74 Å². The van der Waals surface area contributed by atoms with Crippen molar-refractivity contribution in [1.29, 1.82) is 0 Å². The molecule has 29 heavy (non-hydrogen) atoms. The van der Waals surface area contributed by atoms with Crippen molar-refractivity contribution in [3.63, 3.8) is 0 Å². The molecule has 0 radical (unpaired) electrons. The van der Waals surface area contributed by atoms with Crippen LogP contribution in [0.3, 0.4) is 0 Å². The van der Waals surface area contributed by atoms with Gasteiger partial charge in [0.1, 0.15) is 5.75 Å². The maximum absolute atomic E-state index is 12.8. The van der Waals surface area contributed by atoms with Crippen LogP contribution >= 0.6 is 11.8 Å². The highest BCUT2D eigenvalue weighted by Gasteiger charge is 2.30. The van der Waals surface area contributed by atoms with Gasteiger partial charge in [-0.2, -0.15) is 0 Å². The summed E-state index contributed by atoms with van der Waals surface area (Å²) in [6, 6.07) is 20.0. The Kier molecular flexibility index (Phi) is 5.41. The second-order valence-electron chi connectivity index (χ2n) is 6.84. The van der Waals surface area contributed by atoms with E-state index in [1.165, 1.54) is 17.3 Å². The highest BCUT2D eigenvalue weighted by molar-refractivity contribution is 8.18. The first kappa shape index (κ1) is 19.3. The minimum atomic E-state index is -0.0428. The van der Waals surface area contributed by atoms with Crippen LogP contribution < -0.4 is 4.74 Å². The van der Waals surface area contributed by atoms with Crippen molar-refractivity contribution in [2.45, 2.75) is 13.8 Å². The molecular weight excluding hydrogens is 380 g/mol. The zero-order valence-electron chi connectivity index (χ0n) is 16.7. The van der Waals surface area contributed by atoms with Gasteiger partial charge in [0.2, 0.25) is 0 Å². The summed E-state index contributed by atoms with van der Waals surface area (Å²) < 4.78 is 5.75. The minimum Gasteiger partial charge on any atom is -0.493 e.